The van der Waals surface area contributed by atoms with Gasteiger partial charge < -0.3 is 15.3 Å². The lowest BCUT2D eigenvalue weighted by Crippen LogP contribution is -2.54. The first-order valence-corrected chi connectivity index (χ1v) is 4.70. The van der Waals surface area contributed by atoms with Crippen LogP contribution in [-0.2, 0) is 0 Å². The molecule has 0 fully saturated rings. The number of thioether (sulfide) groups is 1. The minimum absolute atomic E-state index is 0.263. The van der Waals surface area contributed by atoms with E-state index >= 15 is 0 Å². The standard InChI is InChI=1S/C6H15NO3S/c1-11-5-7-6(2-8,3-9)4-10/h7-10H,2-5H2,1H3. The van der Waals surface area contributed by atoms with E-state index < -0.39 is 5.54 Å². The van der Waals surface area contributed by atoms with Crippen LogP contribution in [0.15, 0.2) is 0 Å². The highest BCUT2D eigenvalue weighted by Crippen LogP contribution is 2.02. The Morgan fingerprint density at radius 1 is 1.18 bits per heavy atom. The molecule has 0 aromatic carbocycles. The van der Waals surface area contributed by atoms with Crippen molar-refractivity contribution in [3.8, 4) is 0 Å². The fraction of sp³-hybridized carbons (Fsp3) is 1.00. The minimum Gasteiger partial charge on any atom is -0.394 e. The molecule has 0 spiro atoms. The van der Waals surface area contributed by atoms with Gasteiger partial charge >= 0.3 is 0 Å². The lowest BCUT2D eigenvalue weighted by molar-refractivity contribution is 0.0468. The molecule has 4 nitrogen and oxygen atoms in total. The molecule has 0 aliphatic rings. The van der Waals surface area contributed by atoms with E-state index in [9.17, 15) is 0 Å². The summed E-state index contributed by atoms with van der Waals surface area (Å²) in [5.74, 6) is 0.599. The van der Waals surface area contributed by atoms with Crippen LogP contribution in [-0.4, -0.2) is 52.8 Å². The van der Waals surface area contributed by atoms with Crippen LogP contribution in [0.2, 0.25) is 0 Å². The van der Waals surface area contributed by atoms with E-state index in [0.29, 0.717) is 5.88 Å². The first-order valence-electron chi connectivity index (χ1n) is 3.31. The smallest absolute Gasteiger partial charge is 0.0887 e. The average Bonchev–Trinajstić information content (AvgIpc) is 2.08. The molecule has 0 aromatic heterocycles. The number of aliphatic hydroxyl groups excluding tert-OH is 3. The van der Waals surface area contributed by atoms with Crippen LogP contribution < -0.4 is 5.32 Å². The van der Waals surface area contributed by atoms with Gasteiger partial charge in [0.2, 0.25) is 0 Å². The van der Waals surface area contributed by atoms with Crippen molar-refractivity contribution >= 4 is 11.8 Å². The molecule has 0 amide bonds. The normalized spacial score (nSPS) is 12.0. The Morgan fingerprint density at radius 3 is 1.91 bits per heavy atom. The fourth-order valence-electron chi connectivity index (χ4n) is 0.543. The van der Waals surface area contributed by atoms with Crippen molar-refractivity contribution in [3.05, 3.63) is 0 Å². The zero-order valence-corrected chi connectivity index (χ0v) is 7.39. The molecule has 0 saturated heterocycles. The highest BCUT2D eigenvalue weighted by atomic mass is 32.2. The molecule has 0 atom stereocenters. The topological polar surface area (TPSA) is 72.7 Å². The van der Waals surface area contributed by atoms with Gasteiger partial charge in [-0.1, -0.05) is 0 Å². The summed E-state index contributed by atoms with van der Waals surface area (Å²) in [7, 11) is 0. The van der Waals surface area contributed by atoms with Crippen molar-refractivity contribution in [2.24, 2.45) is 0 Å². The zero-order chi connectivity index (χ0) is 8.74. The Kier molecular flexibility index (Phi) is 5.89. The van der Waals surface area contributed by atoms with Crippen LogP contribution in [0.25, 0.3) is 0 Å². The van der Waals surface area contributed by atoms with Gasteiger partial charge in [-0.25, -0.2) is 0 Å². The first-order chi connectivity index (χ1) is 5.24. The van der Waals surface area contributed by atoms with Crippen molar-refractivity contribution in [1.82, 2.24) is 5.32 Å². The Bertz CT molecular complexity index is 89.6. The summed E-state index contributed by atoms with van der Waals surface area (Å²) in [6.45, 7) is -0.790. The maximum atomic E-state index is 8.81. The monoisotopic (exact) mass is 181 g/mol. The van der Waals surface area contributed by atoms with E-state index in [4.69, 9.17) is 15.3 Å². The third-order valence-corrected chi connectivity index (χ3v) is 1.93. The van der Waals surface area contributed by atoms with Crippen LogP contribution in [0.4, 0.5) is 0 Å². The predicted octanol–water partition coefficient (Wildman–Crippen LogP) is -1.39. The van der Waals surface area contributed by atoms with E-state index in [-0.39, 0.29) is 19.8 Å². The lowest BCUT2D eigenvalue weighted by Gasteiger charge is -2.28. The highest BCUT2D eigenvalue weighted by molar-refractivity contribution is 7.98. The number of rotatable bonds is 6. The first kappa shape index (κ1) is 11.2. The predicted molar refractivity (Wildman–Crippen MR) is 45.5 cm³/mol. The Morgan fingerprint density at radius 2 is 1.64 bits per heavy atom. The van der Waals surface area contributed by atoms with E-state index in [2.05, 4.69) is 5.32 Å². The fourth-order valence-corrected chi connectivity index (χ4v) is 0.993. The third kappa shape index (κ3) is 3.39. The van der Waals surface area contributed by atoms with Gasteiger partial charge in [-0.05, 0) is 6.26 Å². The van der Waals surface area contributed by atoms with Crippen LogP contribution >= 0.6 is 11.8 Å². The Labute approximate surface area is 70.6 Å². The maximum absolute atomic E-state index is 8.81. The van der Waals surface area contributed by atoms with Crippen LogP contribution in [0.1, 0.15) is 0 Å². The van der Waals surface area contributed by atoms with Gasteiger partial charge in [0, 0.05) is 5.88 Å². The molecule has 0 heterocycles. The van der Waals surface area contributed by atoms with Gasteiger partial charge in [0.25, 0.3) is 0 Å². The molecule has 4 N–H and O–H groups in total. The summed E-state index contributed by atoms with van der Waals surface area (Å²) in [4.78, 5) is 0. The molecule has 11 heavy (non-hydrogen) atoms. The summed E-state index contributed by atoms with van der Waals surface area (Å²) in [6, 6.07) is 0. The minimum atomic E-state index is -0.928. The lowest BCUT2D eigenvalue weighted by atomic mass is 10.0. The second-order valence-electron chi connectivity index (χ2n) is 2.36. The number of hydrogen-bond donors (Lipinski definition) is 4. The molecule has 0 radical (unpaired) electrons. The molecule has 0 rings (SSSR count). The zero-order valence-electron chi connectivity index (χ0n) is 6.58. The van der Waals surface area contributed by atoms with Crippen molar-refractivity contribution in [2.45, 2.75) is 5.54 Å². The summed E-state index contributed by atoms with van der Waals surface area (Å²) < 4.78 is 0. The van der Waals surface area contributed by atoms with E-state index in [1.54, 1.807) is 0 Å². The molecule has 5 heteroatoms. The van der Waals surface area contributed by atoms with E-state index in [1.807, 2.05) is 6.26 Å². The van der Waals surface area contributed by atoms with Gasteiger partial charge in [-0.15, -0.1) is 11.8 Å². The third-order valence-electron chi connectivity index (χ3n) is 1.50. The molecule has 0 aliphatic heterocycles. The van der Waals surface area contributed by atoms with Gasteiger partial charge in [-0.3, -0.25) is 5.32 Å². The van der Waals surface area contributed by atoms with Gasteiger partial charge in [0.05, 0.1) is 25.4 Å². The quantitative estimate of drug-likeness (QED) is 0.380. The second-order valence-corrected chi connectivity index (χ2v) is 3.23. The maximum Gasteiger partial charge on any atom is 0.0887 e. The SMILES string of the molecule is CSCNC(CO)(CO)CO. The van der Waals surface area contributed by atoms with E-state index in [0.717, 1.165) is 0 Å². The molecule has 0 aliphatic carbocycles. The molecular formula is C6H15NO3S. The van der Waals surface area contributed by atoms with Crippen LogP contribution in [0, 0.1) is 0 Å². The van der Waals surface area contributed by atoms with Crippen molar-refractivity contribution < 1.29 is 15.3 Å². The van der Waals surface area contributed by atoms with Gasteiger partial charge in [0.1, 0.15) is 0 Å². The Balaban J connectivity index is 3.84. The summed E-state index contributed by atoms with van der Waals surface area (Å²) in [5, 5.41) is 29.3. The number of nitrogens with one attached hydrogen (secondary N) is 1. The van der Waals surface area contributed by atoms with Crippen molar-refractivity contribution in [3.63, 3.8) is 0 Å². The molecule has 0 unspecified atom stereocenters. The van der Waals surface area contributed by atoms with Gasteiger partial charge in [-0.2, -0.15) is 0 Å². The molecule has 68 valence electrons. The van der Waals surface area contributed by atoms with Crippen molar-refractivity contribution in [2.75, 3.05) is 32.0 Å². The molecule has 0 saturated carbocycles. The van der Waals surface area contributed by atoms with Crippen molar-refractivity contribution in [1.29, 1.82) is 0 Å². The summed E-state index contributed by atoms with van der Waals surface area (Å²) >= 11 is 1.53. The van der Waals surface area contributed by atoms with E-state index in [1.165, 1.54) is 11.8 Å². The summed E-state index contributed by atoms with van der Waals surface area (Å²) in [5.41, 5.74) is -0.928. The summed E-state index contributed by atoms with van der Waals surface area (Å²) in [6.07, 6.45) is 1.89. The van der Waals surface area contributed by atoms with Crippen LogP contribution in [0.3, 0.4) is 0 Å². The second kappa shape index (κ2) is 5.79. The highest BCUT2D eigenvalue weighted by Gasteiger charge is 2.26. The molecular weight excluding hydrogens is 166 g/mol. The average molecular weight is 181 g/mol. The largest absolute Gasteiger partial charge is 0.394 e. The number of hydrogen-bond acceptors (Lipinski definition) is 5. The van der Waals surface area contributed by atoms with Crippen LogP contribution in [0.5, 0.6) is 0 Å². The Hall–Kier alpha value is 0.190. The molecule has 0 bridgehead atoms. The molecule has 0 aromatic rings. The number of aliphatic hydroxyl groups is 3. The van der Waals surface area contributed by atoms with Gasteiger partial charge in [0.15, 0.2) is 0 Å².